The van der Waals surface area contributed by atoms with Gasteiger partial charge in [-0.1, -0.05) is 18.2 Å². The van der Waals surface area contributed by atoms with Crippen molar-refractivity contribution < 1.29 is 18.3 Å². The van der Waals surface area contributed by atoms with Crippen LogP contribution in [0.1, 0.15) is 21.5 Å². The van der Waals surface area contributed by atoms with Gasteiger partial charge in [-0.2, -0.15) is 0 Å². The van der Waals surface area contributed by atoms with Crippen LogP contribution in [-0.4, -0.2) is 19.4 Å². The van der Waals surface area contributed by atoms with Crippen molar-refractivity contribution in [3.05, 3.63) is 65.4 Å². The van der Waals surface area contributed by atoms with Gasteiger partial charge >= 0.3 is 0 Å². The number of rotatable bonds is 4. The Bertz CT molecular complexity index is 1090. The minimum Gasteiger partial charge on any atom is -0.545 e. The van der Waals surface area contributed by atoms with Crippen molar-refractivity contribution in [3.8, 4) is 0 Å². The van der Waals surface area contributed by atoms with Crippen LogP contribution in [-0.2, 0) is 10.0 Å². The Morgan fingerprint density at radius 3 is 2.56 bits per heavy atom. The number of anilines is 1. The van der Waals surface area contributed by atoms with E-state index in [1.54, 1.807) is 38.2 Å². The number of carbonyl (C=O) groups is 1. The first-order valence-corrected chi connectivity index (χ1v) is 8.97. The molecule has 25 heavy (non-hydrogen) atoms. The maximum atomic E-state index is 12.8. The number of sulfonamides is 1. The Morgan fingerprint density at radius 1 is 1.12 bits per heavy atom. The van der Waals surface area contributed by atoms with E-state index in [2.05, 4.69) is 9.71 Å². The molecule has 0 saturated carbocycles. The molecule has 0 spiro atoms. The molecule has 1 aromatic heterocycles. The van der Waals surface area contributed by atoms with Gasteiger partial charge in [0.05, 0.1) is 22.1 Å². The van der Waals surface area contributed by atoms with E-state index in [4.69, 9.17) is 0 Å². The number of hydrogen-bond acceptors (Lipinski definition) is 5. The summed E-state index contributed by atoms with van der Waals surface area (Å²) in [6.45, 7) is 3.28. The van der Waals surface area contributed by atoms with Crippen LogP contribution >= 0.6 is 0 Å². The molecule has 0 bridgehead atoms. The lowest BCUT2D eigenvalue weighted by molar-refractivity contribution is -0.255. The molecule has 128 valence electrons. The lowest BCUT2D eigenvalue weighted by atomic mass is 10.1. The molecular weight excluding hydrogens is 340 g/mol. The molecule has 0 unspecified atom stereocenters. The fraction of sp³-hybridized carbons (Fsp3) is 0.111. The number of carbonyl (C=O) groups excluding carboxylic acids is 1. The van der Waals surface area contributed by atoms with Crippen LogP contribution in [0.15, 0.2) is 53.6 Å². The van der Waals surface area contributed by atoms with Gasteiger partial charge in [-0.25, -0.2) is 8.42 Å². The van der Waals surface area contributed by atoms with Crippen LogP contribution in [0.25, 0.3) is 10.9 Å². The van der Waals surface area contributed by atoms with Crippen LogP contribution in [0.2, 0.25) is 0 Å². The van der Waals surface area contributed by atoms with Crippen LogP contribution in [0.5, 0.6) is 0 Å². The Labute approximate surface area is 145 Å². The Balaban J connectivity index is 2.13. The molecule has 1 N–H and O–H groups in total. The standard InChI is InChI=1S/C18H16N2O4S/c1-11-9-14(18(21)22)10-16(12(11)2)25(23,24)20-15-7-3-5-13-6-4-8-19-17(13)15/h3-10,20H,1-2H3,(H,21,22)/p-1. The number of aromatic nitrogens is 1. The Morgan fingerprint density at radius 2 is 1.84 bits per heavy atom. The van der Waals surface area contributed by atoms with Crippen molar-refractivity contribution in [3.63, 3.8) is 0 Å². The lowest BCUT2D eigenvalue weighted by Gasteiger charge is -2.15. The van der Waals surface area contributed by atoms with Crippen LogP contribution < -0.4 is 9.83 Å². The molecule has 0 aliphatic carbocycles. The van der Waals surface area contributed by atoms with Gasteiger partial charge in [0.25, 0.3) is 10.0 Å². The number of nitrogens with one attached hydrogen (secondary N) is 1. The monoisotopic (exact) mass is 355 g/mol. The average Bonchev–Trinajstić information content (AvgIpc) is 2.57. The van der Waals surface area contributed by atoms with Crippen molar-refractivity contribution in [1.29, 1.82) is 0 Å². The third-order valence-corrected chi connectivity index (χ3v) is 5.51. The van der Waals surface area contributed by atoms with E-state index in [-0.39, 0.29) is 10.5 Å². The molecule has 3 rings (SSSR count). The van der Waals surface area contributed by atoms with Gasteiger partial charge in [-0.05, 0) is 54.8 Å². The third-order valence-electron chi connectivity index (χ3n) is 4.02. The molecule has 7 heteroatoms. The second-order valence-electron chi connectivity index (χ2n) is 5.69. The summed E-state index contributed by atoms with van der Waals surface area (Å²) in [5, 5.41) is 11.9. The minimum atomic E-state index is -4.00. The maximum Gasteiger partial charge on any atom is 0.262 e. The molecule has 0 fully saturated rings. The number of carboxylic acid groups (broad SMARTS) is 1. The van der Waals surface area contributed by atoms with Crippen molar-refractivity contribution in [2.24, 2.45) is 0 Å². The number of aromatic carboxylic acids is 1. The summed E-state index contributed by atoms with van der Waals surface area (Å²) in [4.78, 5) is 15.3. The summed E-state index contributed by atoms with van der Waals surface area (Å²) >= 11 is 0. The van der Waals surface area contributed by atoms with E-state index < -0.39 is 16.0 Å². The number of para-hydroxylation sites is 1. The summed E-state index contributed by atoms with van der Waals surface area (Å²) < 4.78 is 28.2. The predicted molar refractivity (Wildman–Crippen MR) is 92.8 cm³/mol. The Hall–Kier alpha value is -2.93. The number of hydrogen-bond donors (Lipinski definition) is 1. The maximum absolute atomic E-state index is 12.8. The molecule has 0 amide bonds. The summed E-state index contributed by atoms with van der Waals surface area (Å²) in [5.74, 6) is -1.42. The second kappa shape index (κ2) is 6.18. The highest BCUT2D eigenvalue weighted by atomic mass is 32.2. The largest absolute Gasteiger partial charge is 0.545 e. The number of benzene rings is 2. The zero-order valence-electron chi connectivity index (χ0n) is 13.6. The number of aryl methyl sites for hydroxylation is 1. The van der Waals surface area contributed by atoms with Gasteiger partial charge < -0.3 is 9.90 Å². The van der Waals surface area contributed by atoms with E-state index in [1.807, 2.05) is 12.1 Å². The highest BCUT2D eigenvalue weighted by molar-refractivity contribution is 7.92. The first-order chi connectivity index (χ1) is 11.8. The predicted octanol–water partition coefficient (Wildman–Crippen LogP) is 2.02. The molecule has 1 heterocycles. The van der Waals surface area contributed by atoms with Crippen LogP contribution in [0, 0.1) is 13.8 Å². The van der Waals surface area contributed by atoms with Gasteiger partial charge in [0.2, 0.25) is 0 Å². The van der Waals surface area contributed by atoms with Crippen molar-refractivity contribution in [1.82, 2.24) is 4.98 Å². The number of nitrogens with zero attached hydrogens (tertiary/aromatic N) is 1. The highest BCUT2D eigenvalue weighted by Crippen LogP contribution is 2.26. The first-order valence-electron chi connectivity index (χ1n) is 7.49. The molecule has 3 aromatic rings. The molecule has 0 radical (unpaired) electrons. The number of fused-ring (bicyclic) bond motifs is 1. The quantitative estimate of drug-likeness (QED) is 0.772. The van der Waals surface area contributed by atoms with Crippen molar-refractivity contribution in [2.75, 3.05) is 4.72 Å². The Kier molecular flexibility index (Phi) is 4.18. The molecule has 0 aliphatic rings. The normalized spacial score (nSPS) is 11.4. The highest BCUT2D eigenvalue weighted by Gasteiger charge is 2.20. The number of carboxylic acids is 1. The summed E-state index contributed by atoms with van der Waals surface area (Å²) in [6.07, 6.45) is 1.58. The molecular formula is C18H15N2O4S-. The van der Waals surface area contributed by atoms with Gasteiger partial charge in [0.15, 0.2) is 0 Å². The lowest BCUT2D eigenvalue weighted by Crippen LogP contribution is -2.24. The summed E-state index contributed by atoms with van der Waals surface area (Å²) in [6, 6.07) is 11.2. The van der Waals surface area contributed by atoms with E-state index in [0.29, 0.717) is 22.3 Å². The molecule has 0 atom stereocenters. The van der Waals surface area contributed by atoms with Crippen LogP contribution in [0.4, 0.5) is 5.69 Å². The van der Waals surface area contributed by atoms with Gasteiger partial charge in [0.1, 0.15) is 0 Å². The van der Waals surface area contributed by atoms with Crippen molar-refractivity contribution >= 4 is 32.6 Å². The minimum absolute atomic E-state index is 0.0976. The summed E-state index contributed by atoms with van der Waals surface area (Å²) in [7, 11) is -4.00. The zero-order chi connectivity index (χ0) is 18.2. The average molecular weight is 355 g/mol. The van der Waals surface area contributed by atoms with E-state index in [0.717, 1.165) is 11.5 Å². The van der Waals surface area contributed by atoms with E-state index >= 15 is 0 Å². The van der Waals surface area contributed by atoms with Gasteiger partial charge in [-0.3, -0.25) is 9.71 Å². The molecule has 6 nitrogen and oxygen atoms in total. The van der Waals surface area contributed by atoms with Gasteiger partial charge in [-0.15, -0.1) is 0 Å². The topological polar surface area (TPSA) is 99.2 Å². The van der Waals surface area contributed by atoms with E-state index in [9.17, 15) is 18.3 Å². The summed E-state index contributed by atoms with van der Waals surface area (Å²) in [5.41, 5.74) is 1.69. The molecule has 2 aromatic carbocycles. The fourth-order valence-electron chi connectivity index (χ4n) is 2.61. The van der Waals surface area contributed by atoms with E-state index in [1.165, 1.54) is 6.07 Å². The molecule has 0 saturated heterocycles. The second-order valence-corrected chi connectivity index (χ2v) is 7.34. The fourth-order valence-corrected chi connectivity index (χ4v) is 4.02. The SMILES string of the molecule is Cc1cc(C(=O)[O-])cc(S(=O)(=O)Nc2cccc3cccnc23)c1C. The third kappa shape index (κ3) is 3.18. The van der Waals surface area contributed by atoms with Crippen molar-refractivity contribution in [2.45, 2.75) is 18.7 Å². The van der Waals surface area contributed by atoms with Crippen LogP contribution in [0.3, 0.4) is 0 Å². The first kappa shape index (κ1) is 16.9. The molecule has 0 aliphatic heterocycles. The smallest absolute Gasteiger partial charge is 0.262 e. The zero-order valence-corrected chi connectivity index (χ0v) is 14.4. The number of pyridine rings is 1. The van der Waals surface area contributed by atoms with Gasteiger partial charge in [0, 0.05) is 11.6 Å².